The highest BCUT2D eigenvalue weighted by Crippen LogP contribution is 2.29. The van der Waals surface area contributed by atoms with Gasteiger partial charge in [-0.3, -0.25) is 0 Å². The van der Waals surface area contributed by atoms with Crippen molar-refractivity contribution in [2.24, 2.45) is 0 Å². The Morgan fingerprint density at radius 2 is 1.61 bits per heavy atom. The molecule has 0 saturated carbocycles. The molecule has 2 aromatic carbocycles. The first kappa shape index (κ1) is 25.7. The van der Waals surface area contributed by atoms with Gasteiger partial charge in [0.1, 0.15) is 29.2 Å². The SMILES string of the molecule is Bc1c(-c2ccc(C(B)(B)NC)cc2)noc1-c1nc(-c2ccc(S(=O)(=O)C(C)C)cc2)cnc1N. The van der Waals surface area contributed by atoms with E-state index in [2.05, 4.69) is 48.3 Å². The first-order chi connectivity index (χ1) is 17.0. The van der Waals surface area contributed by atoms with Gasteiger partial charge in [-0.15, -0.1) is 0 Å². The van der Waals surface area contributed by atoms with Crippen LogP contribution in [-0.2, 0) is 15.2 Å². The molecule has 0 aliphatic heterocycles. The minimum Gasteiger partial charge on any atom is -0.382 e. The van der Waals surface area contributed by atoms with E-state index in [0.29, 0.717) is 28.4 Å². The summed E-state index contributed by atoms with van der Waals surface area (Å²) in [6, 6.07) is 14.8. The van der Waals surface area contributed by atoms with Crippen molar-refractivity contribution in [1.82, 2.24) is 20.4 Å². The highest BCUT2D eigenvalue weighted by Gasteiger charge is 2.22. The van der Waals surface area contributed by atoms with E-state index in [1.54, 1.807) is 44.3 Å². The minimum absolute atomic E-state index is 0.149. The Balaban J connectivity index is 1.68. The normalized spacial score (nSPS) is 12.2. The third-order valence-electron chi connectivity index (χ3n) is 6.54. The maximum atomic E-state index is 12.4. The predicted molar refractivity (Wildman–Crippen MR) is 151 cm³/mol. The van der Waals surface area contributed by atoms with Crippen LogP contribution in [0.3, 0.4) is 0 Å². The monoisotopic (exact) mass is 499 g/mol. The number of aromatic nitrogens is 3. The van der Waals surface area contributed by atoms with Crippen LogP contribution in [0, 0.1) is 0 Å². The fourth-order valence-electron chi connectivity index (χ4n) is 3.81. The highest BCUT2D eigenvalue weighted by molar-refractivity contribution is 7.92. The van der Waals surface area contributed by atoms with Gasteiger partial charge in [-0.2, -0.15) is 0 Å². The van der Waals surface area contributed by atoms with E-state index in [1.165, 1.54) is 0 Å². The zero-order valence-corrected chi connectivity index (χ0v) is 22.1. The number of nitrogens with zero attached hydrogens (tertiary/aromatic N) is 3. The summed E-state index contributed by atoms with van der Waals surface area (Å²) in [7, 11) is 4.72. The van der Waals surface area contributed by atoms with Gasteiger partial charge in [-0.05, 0) is 49.4 Å². The molecule has 0 fully saturated rings. The number of benzene rings is 2. The molecule has 0 bridgehead atoms. The fourth-order valence-corrected chi connectivity index (χ4v) is 4.87. The van der Waals surface area contributed by atoms with Crippen LogP contribution in [0.4, 0.5) is 5.82 Å². The molecule has 0 saturated heterocycles. The third kappa shape index (κ3) is 4.70. The number of rotatable bonds is 7. The van der Waals surface area contributed by atoms with Crippen LogP contribution in [0.25, 0.3) is 34.0 Å². The van der Waals surface area contributed by atoms with Crippen LogP contribution in [0.1, 0.15) is 19.4 Å². The second-order valence-electron chi connectivity index (χ2n) is 9.54. The van der Waals surface area contributed by atoms with Crippen molar-refractivity contribution < 1.29 is 12.9 Å². The average molecular weight is 499 g/mol. The average Bonchev–Trinajstić information content (AvgIpc) is 3.25. The Morgan fingerprint density at radius 1 is 1.00 bits per heavy atom. The quantitative estimate of drug-likeness (QED) is 0.343. The number of hydrogen-bond acceptors (Lipinski definition) is 8. The lowest BCUT2D eigenvalue weighted by Crippen LogP contribution is -2.40. The summed E-state index contributed by atoms with van der Waals surface area (Å²) in [6.07, 6.45) is 1.56. The van der Waals surface area contributed by atoms with Gasteiger partial charge in [0.15, 0.2) is 27.1 Å². The Morgan fingerprint density at radius 3 is 2.19 bits per heavy atom. The van der Waals surface area contributed by atoms with E-state index in [9.17, 15) is 8.42 Å². The van der Waals surface area contributed by atoms with Crippen LogP contribution >= 0.6 is 0 Å². The lowest BCUT2D eigenvalue weighted by atomic mass is 9.58. The Labute approximate surface area is 214 Å². The standard InChI is InChI=1S/C24H28B3N5O3S/c1-13(2)36(33,34)17-10-6-14(7-11-17)18-12-30-23(28)21(31-18)22-19(25)20(32-35-22)15-4-8-16(9-5-15)24(26,27)29-3/h4-13,29H,25-27H2,1-3H3,(H2,28,30). The summed E-state index contributed by atoms with van der Waals surface area (Å²) in [5, 5.41) is 6.95. The van der Waals surface area contributed by atoms with Crippen LogP contribution in [-0.4, -0.2) is 59.4 Å². The molecular formula is C24H28B3N5O3S. The van der Waals surface area contributed by atoms with Crippen LogP contribution < -0.4 is 16.5 Å². The van der Waals surface area contributed by atoms with Gasteiger partial charge in [-0.25, -0.2) is 18.4 Å². The third-order valence-corrected chi connectivity index (χ3v) is 8.71. The number of hydrogen-bond donors (Lipinski definition) is 2. The van der Waals surface area contributed by atoms with E-state index in [1.807, 2.05) is 27.0 Å². The Bertz CT molecular complexity index is 1500. The van der Waals surface area contributed by atoms with Crippen molar-refractivity contribution in [3.05, 3.63) is 60.3 Å². The van der Waals surface area contributed by atoms with Gasteiger partial charge in [0, 0.05) is 11.1 Å². The molecule has 182 valence electrons. The first-order valence-corrected chi connectivity index (χ1v) is 13.2. The summed E-state index contributed by atoms with van der Waals surface area (Å²) in [5.74, 6) is 0.658. The number of anilines is 1. The molecule has 12 heteroatoms. The largest absolute Gasteiger partial charge is 0.382 e. The molecule has 0 atom stereocenters. The maximum absolute atomic E-state index is 12.4. The van der Waals surface area contributed by atoms with Crippen molar-refractivity contribution in [1.29, 1.82) is 0 Å². The van der Waals surface area contributed by atoms with Gasteiger partial charge < -0.3 is 15.6 Å². The molecule has 0 radical (unpaired) electrons. The van der Waals surface area contributed by atoms with Crippen molar-refractivity contribution in [2.75, 3.05) is 12.8 Å². The van der Waals surface area contributed by atoms with E-state index >= 15 is 0 Å². The van der Waals surface area contributed by atoms with Gasteiger partial charge >= 0.3 is 0 Å². The Hall–Kier alpha value is -3.37. The van der Waals surface area contributed by atoms with Crippen LogP contribution in [0.2, 0.25) is 0 Å². The maximum Gasteiger partial charge on any atom is 0.183 e. The predicted octanol–water partition coefficient (Wildman–Crippen LogP) is 0.0842. The zero-order valence-electron chi connectivity index (χ0n) is 21.3. The molecule has 8 nitrogen and oxygen atoms in total. The zero-order chi connectivity index (χ0) is 26.3. The molecule has 3 N–H and O–H groups in total. The first-order valence-electron chi connectivity index (χ1n) is 11.7. The van der Waals surface area contributed by atoms with Gasteiger partial charge in [0.25, 0.3) is 0 Å². The summed E-state index contributed by atoms with van der Waals surface area (Å²) in [6.45, 7) is 3.32. The molecule has 4 rings (SSSR count). The second kappa shape index (κ2) is 9.59. The lowest BCUT2D eigenvalue weighted by molar-refractivity contribution is 0.434. The van der Waals surface area contributed by atoms with Crippen LogP contribution in [0.5, 0.6) is 0 Å². The molecule has 0 aliphatic carbocycles. The topological polar surface area (TPSA) is 124 Å². The molecule has 2 heterocycles. The molecule has 2 aromatic heterocycles. The summed E-state index contributed by atoms with van der Waals surface area (Å²) in [4.78, 5) is 9.26. The van der Waals surface area contributed by atoms with Crippen LogP contribution in [0.15, 0.2) is 64.1 Å². The molecule has 0 unspecified atom stereocenters. The molecule has 0 amide bonds. The summed E-state index contributed by atoms with van der Waals surface area (Å²) < 4.78 is 30.6. The second-order valence-corrected chi connectivity index (χ2v) is 12.0. The van der Waals surface area contributed by atoms with Crippen molar-refractivity contribution >= 4 is 44.7 Å². The minimum atomic E-state index is -3.36. The van der Waals surface area contributed by atoms with Crippen molar-refractivity contribution in [3.63, 3.8) is 0 Å². The molecular weight excluding hydrogens is 471 g/mol. The number of sulfone groups is 1. The lowest BCUT2D eigenvalue weighted by Gasteiger charge is -2.25. The van der Waals surface area contributed by atoms with E-state index < -0.39 is 15.1 Å². The highest BCUT2D eigenvalue weighted by atomic mass is 32.2. The van der Waals surface area contributed by atoms with E-state index in [-0.39, 0.29) is 16.1 Å². The summed E-state index contributed by atoms with van der Waals surface area (Å²) in [5.41, 5.74) is 11.4. The van der Waals surface area contributed by atoms with E-state index in [4.69, 9.17) is 10.3 Å². The van der Waals surface area contributed by atoms with Crippen molar-refractivity contribution in [2.45, 2.75) is 29.3 Å². The van der Waals surface area contributed by atoms with Gasteiger partial charge in [0.2, 0.25) is 0 Å². The number of nitrogen functional groups attached to an aromatic ring is 1. The van der Waals surface area contributed by atoms with Crippen molar-refractivity contribution in [3.8, 4) is 34.0 Å². The fraction of sp³-hybridized carbons (Fsp3) is 0.208. The molecule has 0 aliphatic rings. The van der Waals surface area contributed by atoms with Gasteiger partial charge in [0.05, 0.1) is 22.0 Å². The smallest absolute Gasteiger partial charge is 0.183 e. The Kier molecular flexibility index (Phi) is 6.85. The van der Waals surface area contributed by atoms with Gasteiger partial charge in [-0.1, -0.05) is 41.6 Å². The molecule has 4 aromatic rings. The summed E-state index contributed by atoms with van der Waals surface area (Å²) >= 11 is 0. The molecule has 36 heavy (non-hydrogen) atoms. The number of nitrogens with two attached hydrogens (primary N) is 1. The number of nitrogens with one attached hydrogen (secondary N) is 1. The van der Waals surface area contributed by atoms with E-state index in [0.717, 1.165) is 16.6 Å². The molecule has 0 spiro atoms.